The van der Waals surface area contributed by atoms with Gasteiger partial charge in [-0.1, -0.05) is 26.2 Å². The number of unbranched alkanes of at least 4 members (excludes halogenated alkanes) is 3. The first kappa shape index (κ1) is 16.9. The Kier molecular flexibility index (Phi) is 7.50. The number of hydrogen-bond acceptors (Lipinski definition) is 4. The van der Waals surface area contributed by atoms with E-state index in [1.807, 2.05) is 18.2 Å². The maximum atomic E-state index is 12.2. The summed E-state index contributed by atoms with van der Waals surface area (Å²) in [6.45, 7) is 2.14. The summed E-state index contributed by atoms with van der Waals surface area (Å²) in [6.07, 6.45) is 6.29. The molecule has 1 heterocycles. The zero-order chi connectivity index (χ0) is 15.0. The summed E-state index contributed by atoms with van der Waals surface area (Å²) in [7, 11) is 0. The number of allylic oxidation sites excluding steroid dienone is 1. The van der Waals surface area contributed by atoms with Crippen molar-refractivity contribution in [3.05, 3.63) is 25.0 Å². The van der Waals surface area contributed by atoms with Crippen molar-refractivity contribution >= 4 is 45.8 Å². The molecule has 1 rings (SSSR count). The first-order chi connectivity index (χ1) is 9.62. The van der Waals surface area contributed by atoms with E-state index in [1.54, 1.807) is 0 Å². The Morgan fingerprint density at radius 3 is 2.65 bits per heavy atom. The van der Waals surface area contributed by atoms with Crippen LogP contribution in [0.4, 0.5) is 0 Å². The molecule has 0 saturated carbocycles. The molecule has 0 fully saturated rings. The van der Waals surface area contributed by atoms with Gasteiger partial charge in [0.05, 0.1) is 2.88 Å². The summed E-state index contributed by atoms with van der Waals surface area (Å²) in [4.78, 5) is 12.9. The average molecular weight is 398 g/mol. The van der Waals surface area contributed by atoms with E-state index in [9.17, 15) is 4.79 Å². The van der Waals surface area contributed by atoms with Gasteiger partial charge in [0.25, 0.3) is 0 Å². The second-order valence-corrected chi connectivity index (χ2v) is 7.32. The monoisotopic (exact) mass is 398 g/mol. The number of Topliss-reactive ketones (excluding diaryl/α,β-unsaturated/α-hetero) is 1. The molecule has 0 saturated heterocycles. The molecule has 0 radical (unpaired) electrons. The van der Waals surface area contributed by atoms with Crippen molar-refractivity contribution in [2.24, 2.45) is 0 Å². The van der Waals surface area contributed by atoms with Crippen molar-refractivity contribution in [1.82, 2.24) is 0 Å². The molecular weight excluding hydrogens is 383 g/mol. The van der Waals surface area contributed by atoms with Crippen LogP contribution in [0.15, 0.2) is 11.6 Å². The lowest BCUT2D eigenvalue weighted by Gasteiger charge is -2.00. The lowest BCUT2D eigenvalue weighted by molar-refractivity contribution is 0.0979. The molecule has 20 heavy (non-hydrogen) atoms. The van der Waals surface area contributed by atoms with Crippen LogP contribution >= 0.6 is 33.9 Å². The lowest BCUT2D eigenvalue weighted by atomic mass is 10.0. The van der Waals surface area contributed by atoms with Gasteiger partial charge in [0.15, 0.2) is 5.78 Å². The van der Waals surface area contributed by atoms with E-state index in [0.717, 1.165) is 28.6 Å². The van der Waals surface area contributed by atoms with Gasteiger partial charge in [-0.2, -0.15) is 10.5 Å². The third-order valence-electron chi connectivity index (χ3n) is 2.80. The largest absolute Gasteiger partial charge is 0.294 e. The van der Waals surface area contributed by atoms with Crippen molar-refractivity contribution in [2.75, 3.05) is 0 Å². The molecule has 0 aliphatic heterocycles. The number of hydrogen-bond donors (Lipinski definition) is 0. The van der Waals surface area contributed by atoms with Gasteiger partial charge in [-0.15, -0.1) is 11.3 Å². The van der Waals surface area contributed by atoms with Crippen molar-refractivity contribution in [3.8, 4) is 12.1 Å². The number of nitrogens with zero attached hydrogens (tertiary/aromatic N) is 2. The summed E-state index contributed by atoms with van der Waals surface area (Å²) in [5, 5.41) is 17.6. The van der Waals surface area contributed by atoms with Crippen LogP contribution in [0.3, 0.4) is 0 Å². The number of ketones is 1. The highest BCUT2D eigenvalue weighted by Crippen LogP contribution is 2.27. The molecule has 0 aromatic carbocycles. The highest BCUT2D eigenvalue weighted by atomic mass is 127. The quantitative estimate of drug-likeness (QED) is 0.283. The van der Waals surface area contributed by atoms with E-state index in [0.29, 0.717) is 16.9 Å². The van der Waals surface area contributed by atoms with E-state index in [2.05, 4.69) is 29.5 Å². The van der Waals surface area contributed by atoms with Crippen LogP contribution in [0.1, 0.15) is 54.3 Å². The standard InChI is InChI=1S/C15H15IN2OS/c1-2-3-4-5-6-13(19)12-8-15(16)20-14(12)7-11(9-17)10-18/h7-8H,2-6H2,1H3. The maximum Gasteiger partial charge on any atom is 0.164 e. The van der Waals surface area contributed by atoms with Crippen molar-refractivity contribution < 1.29 is 4.79 Å². The summed E-state index contributed by atoms with van der Waals surface area (Å²) in [5.74, 6) is 0.0988. The Morgan fingerprint density at radius 2 is 2.05 bits per heavy atom. The van der Waals surface area contributed by atoms with Crippen LogP contribution in [-0.2, 0) is 0 Å². The molecule has 0 bridgehead atoms. The zero-order valence-corrected chi connectivity index (χ0v) is 14.3. The minimum absolute atomic E-state index is 0.0308. The molecule has 0 aliphatic rings. The molecule has 0 N–H and O–H groups in total. The molecule has 1 aromatic rings. The van der Waals surface area contributed by atoms with Gasteiger partial charge in [0.2, 0.25) is 0 Å². The number of carbonyl (C=O) groups is 1. The molecule has 0 spiro atoms. The van der Waals surface area contributed by atoms with E-state index in [4.69, 9.17) is 10.5 Å². The topological polar surface area (TPSA) is 64.7 Å². The molecule has 0 aliphatic carbocycles. The van der Waals surface area contributed by atoms with E-state index >= 15 is 0 Å². The van der Waals surface area contributed by atoms with Gasteiger partial charge < -0.3 is 0 Å². The van der Waals surface area contributed by atoms with E-state index in [-0.39, 0.29) is 11.4 Å². The van der Waals surface area contributed by atoms with Crippen LogP contribution in [0, 0.1) is 25.5 Å². The van der Waals surface area contributed by atoms with Crippen LogP contribution in [0.5, 0.6) is 0 Å². The summed E-state index contributed by atoms with van der Waals surface area (Å²) in [6, 6.07) is 5.50. The number of halogens is 1. The minimum Gasteiger partial charge on any atom is -0.294 e. The van der Waals surface area contributed by atoms with Gasteiger partial charge in [0, 0.05) is 16.9 Å². The predicted molar refractivity (Wildman–Crippen MR) is 89.3 cm³/mol. The molecule has 3 nitrogen and oxygen atoms in total. The Morgan fingerprint density at radius 1 is 1.35 bits per heavy atom. The summed E-state index contributed by atoms with van der Waals surface area (Å²) < 4.78 is 0.987. The normalized spacial score (nSPS) is 9.60. The first-order valence-corrected chi connectivity index (χ1v) is 8.36. The number of carbonyl (C=O) groups excluding carboxylic acids is 1. The molecule has 5 heteroatoms. The van der Waals surface area contributed by atoms with Crippen molar-refractivity contribution in [1.29, 1.82) is 10.5 Å². The van der Waals surface area contributed by atoms with Crippen molar-refractivity contribution in [3.63, 3.8) is 0 Å². The smallest absolute Gasteiger partial charge is 0.164 e. The van der Waals surface area contributed by atoms with Gasteiger partial charge in [-0.05, 0) is 41.2 Å². The maximum absolute atomic E-state index is 12.2. The van der Waals surface area contributed by atoms with Gasteiger partial charge in [-0.25, -0.2) is 0 Å². The highest BCUT2D eigenvalue weighted by molar-refractivity contribution is 14.1. The molecule has 1 aromatic heterocycles. The Hall–Kier alpha value is -1.18. The van der Waals surface area contributed by atoms with Gasteiger partial charge in [-0.3, -0.25) is 4.79 Å². The molecular formula is C15H15IN2OS. The first-order valence-electron chi connectivity index (χ1n) is 6.46. The Labute approximate surface area is 137 Å². The summed E-state index contributed by atoms with van der Waals surface area (Å²) >= 11 is 3.59. The Balaban J connectivity index is 2.86. The number of rotatable bonds is 7. The van der Waals surface area contributed by atoms with Crippen molar-refractivity contribution in [2.45, 2.75) is 39.0 Å². The SMILES string of the molecule is CCCCCCC(=O)c1cc(I)sc1C=C(C#N)C#N. The van der Waals surface area contributed by atoms with Gasteiger partial charge >= 0.3 is 0 Å². The van der Waals surface area contributed by atoms with E-state index in [1.165, 1.54) is 17.4 Å². The van der Waals surface area contributed by atoms with Crippen LogP contribution in [-0.4, -0.2) is 5.78 Å². The number of thiophene rings is 1. The lowest BCUT2D eigenvalue weighted by Crippen LogP contribution is -1.99. The second-order valence-electron chi connectivity index (χ2n) is 4.34. The van der Waals surface area contributed by atoms with E-state index < -0.39 is 0 Å². The third kappa shape index (κ3) is 5.07. The van der Waals surface area contributed by atoms with Gasteiger partial charge in [0.1, 0.15) is 17.7 Å². The summed E-state index contributed by atoms with van der Waals surface area (Å²) in [5.41, 5.74) is 0.669. The molecule has 104 valence electrons. The fraction of sp³-hybridized carbons (Fsp3) is 0.400. The number of nitriles is 2. The van der Waals surface area contributed by atoms with Crippen LogP contribution in [0.25, 0.3) is 6.08 Å². The predicted octanol–water partition coefficient (Wildman–Crippen LogP) is 4.94. The molecule has 0 atom stereocenters. The second kappa shape index (κ2) is 8.89. The highest BCUT2D eigenvalue weighted by Gasteiger charge is 2.14. The fourth-order valence-electron chi connectivity index (χ4n) is 1.77. The Bertz CT molecular complexity index is 574. The average Bonchev–Trinajstić information content (AvgIpc) is 2.81. The molecule has 0 unspecified atom stereocenters. The fourth-order valence-corrected chi connectivity index (χ4v) is 3.64. The minimum atomic E-state index is 0.0308. The van der Waals surface area contributed by atoms with Crippen LogP contribution in [0.2, 0.25) is 0 Å². The molecule has 0 amide bonds. The third-order valence-corrected chi connectivity index (χ3v) is 4.65. The zero-order valence-electron chi connectivity index (χ0n) is 11.3. The van der Waals surface area contributed by atoms with Crippen LogP contribution < -0.4 is 0 Å².